The molecule has 0 heterocycles. The van der Waals surface area contributed by atoms with Crippen molar-refractivity contribution >= 4 is 17.8 Å². The van der Waals surface area contributed by atoms with E-state index in [1.54, 1.807) is 4.90 Å². The predicted octanol–water partition coefficient (Wildman–Crippen LogP) is 3.09. The molecule has 1 aliphatic carbocycles. The summed E-state index contributed by atoms with van der Waals surface area (Å²) >= 11 is 0. The normalized spacial score (nSPS) is 15.8. The third kappa shape index (κ3) is 9.50. The van der Waals surface area contributed by atoms with Gasteiger partial charge in [-0.25, -0.2) is 0 Å². The van der Waals surface area contributed by atoms with Gasteiger partial charge in [-0.3, -0.25) is 14.6 Å². The van der Waals surface area contributed by atoms with E-state index in [1.165, 1.54) is 0 Å². The number of nitrogens with one attached hydrogen (secondary N) is 2. The minimum atomic E-state index is -0.329. The second kappa shape index (κ2) is 14.2. The number of rotatable bonds is 13. The number of unbranched alkanes of at least 4 members (excludes halogenated alkanes) is 4. The average Bonchev–Trinajstić information content (AvgIpc) is 3.17. The van der Waals surface area contributed by atoms with Gasteiger partial charge in [-0.05, 0) is 39.5 Å². The van der Waals surface area contributed by atoms with Crippen molar-refractivity contribution in [3.05, 3.63) is 0 Å². The van der Waals surface area contributed by atoms with E-state index >= 15 is 0 Å². The second-order valence-electron chi connectivity index (χ2n) is 8.13. The molecule has 1 rings (SSSR count). The molecule has 0 bridgehead atoms. The molecule has 0 unspecified atom stereocenters. The first-order valence-corrected chi connectivity index (χ1v) is 11.3. The lowest BCUT2D eigenvalue weighted by Crippen LogP contribution is -2.43. The standard InChI is InChI=1S/C22H42N4O3/c1-5-23-21(24-17-13-9-7-8-10-14-19(27)29-6-2)25-18-22(15-11-12-16-22)20(28)26(3)4/h5-18H2,1-4H3,(H2,23,24,25). The van der Waals surface area contributed by atoms with Crippen LogP contribution in [0.2, 0.25) is 0 Å². The van der Waals surface area contributed by atoms with E-state index in [9.17, 15) is 9.59 Å². The molecule has 168 valence electrons. The van der Waals surface area contributed by atoms with Crippen LogP contribution in [0.25, 0.3) is 0 Å². The van der Waals surface area contributed by atoms with E-state index in [0.717, 1.165) is 76.8 Å². The number of hydrogen-bond donors (Lipinski definition) is 2. The highest BCUT2D eigenvalue weighted by atomic mass is 16.5. The van der Waals surface area contributed by atoms with Gasteiger partial charge >= 0.3 is 5.97 Å². The number of esters is 1. The van der Waals surface area contributed by atoms with E-state index < -0.39 is 0 Å². The summed E-state index contributed by atoms with van der Waals surface area (Å²) in [6.45, 7) is 6.56. The first-order valence-electron chi connectivity index (χ1n) is 11.3. The van der Waals surface area contributed by atoms with E-state index in [-0.39, 0.29) is 17.3 Å². The van der Waals surface area contributed by atoms with Crippen molar-refractivity contribution in [2.45, 2.75) is 78.1 Å². The Morgan fingerprint density at radius 1 is 1.00 bits per heavy atom. The molecule has 0 aromatic carbocycles. The highest BCUT2D eigenvalue weighted by Crippen LogP contribution is 2.39. The maximum atomic E-state index is 12.7. The minimum Gasteiger partial charge on any atom is -0.466 e. The molecule has 1 saturated carbocycles. The number of carbonyl (C=O) groups is 2. The van der Waals surface area contributed by atoms with Crippen molar-refractivity contribution in [1.29, 1.82) is 0 Å². The number of carbonyl (C=O) groups excluding carboxylic acids is 2. The van der Waals surface area contributed by atoms with Crippen LogP contribution in [0.15, 0.2) is 4.99 Å². The summed E-state index contributed by atoms with van der Waals surface area (Å²) in [5.41, 5.74) is -0.329. The summed E-state index contributed by atoms with van der Waals surface area (Å²) in [6, 6.07) is 0. The Kier molecular flexibility index (Phi) is 12.4. The predicted molar refractivity (Wildman–Crippen MR) is 118 cm³/mol. The first-order chi connectivity index (χ1) is 13.9. The molecule has 7 nitrogen and oxygen atoms in total. The van der Waals surface area contributed by atoms with Crippen molar-refractivity contribution in [2.24, 2.45) is 10.4 Å². The van der Waals surface area contributed by atoms with Crippen LogP contribution in [0.3, 0.4) is 0 Å². The zero-order valence-corrected chi connectivity index (χ0v) is 19.0. The summed E-state index contributed by atoms with van der Waals surface area (Å²) < 4.78 is 4.94. The van der Waals surface area contributed by atoms with Gasteiger partial charge in [0.2, 0.25) is 5.91 Å². The van der Waals surface area contributed by atoms with Crippen molar-refractivity contribution in [1.82, 2.24) is 15.5 Å². The monoisotopic (exact) mass is 410 g/mol. The molecule has 0 aromatic heterocycles. The van der Waals surface area contributed by atoms with Gasteiger partial charge in [0, 0.05) is 33.6 Å². The zero-order chi connectivity index (χ0) is 21.5. The lowest BCUT2D eigenvalue weighted by Gasteiger charge is -2.29. The maximum absolute atomic E-state index is 12.7. The molecule has 7 heteroatoms. The lowest BCUT2D eigenvalue weighted by atomic mass is 9.85. The first kappa shape index (κ1) is 25.2. The van der Waals surface area contributed by atoms with Crippen LogP contribution in [0.5, 0.6) is 0 Å². The molecule has 0 aliphatic heterocycles. The number of amides is 1. The van der Waals surface area contributed by atoms with Gasteiger partial charge in [0.25, 0.3) is 0 Å². The topological polar surface area (TPSA) is 83.0 Å². The molecular formula is C22H42N4O3. The minimum absolute atomic E-state index is 0.0894. The average molecular weight is 411 g/mol. The highest BCUT2D eigenvalue weighted by Gasteiger charge is 2.42. The molecule has 0 saturated heterocycles. The van der Waals surface area contributed by atoms with Crippen LogP contribution in [-0.4, -0.2) is 63.1 Å². The van der Waals surface area contributed by atoms with Gasteiger partial charge in [0.15, 0.2) is 5.96 Å². The van der Waals surface area contributed by atoms with Gasteiger partial charge in [0.1, 0.15) is 0 Å². The van der Waals surface area contributed by atoms with Crippen LogP contribution in [0, 0.1) is 5.41 Å². The van der Waals surface area contributed by atoms with Crippen LogP contribution in [0.1, 0.15) is 78.1 Å². The quantitative estimate of drug-likeness (QED) is 0.211. The Hall–Kier alpha value is -1.79. The van der Waals surface area contributed by atoms with Crippen molar-refractivity contribution in [3.63, 3.8) is 0 Å². The Morgan fingerprint density at radius 2 is 1.66 bits per heavy atom. The summed E-state index contributed by atoms with van der Waals surface area (Å²) in [5.74, 6) is 0.915. The Morgan fingerprint density at radius 3 is 2.28 bits per heavy atom. The molecule has 1 aliphatic rings. The van der Waals surface area contributed by atoms with E-state index in [4.69, 9.17) is 9.73 Å². The van der Waals surface area contributed by atoms with E-state index in [1.807, 2.05) is 21.0 Å². The number of hydrogen-bond acceptors (Lipinski definition) is 4. The summed E-state index contributed by atoms with van der Waals surface area (Å²) in [7, 11) is 3.67. The molecule has 0 spiro atoms. The Balaban J connectivity index is 2.33. The Labute approximate surface area is 177 Å². The number of nitrogens with zero attached hydrogens (tertiary/aromatic N) is 2. The summed E-state index contributed by atoms with van der Waals surface area (Å²) in [4.78, 5) is 30.4. The molecule has 2 N–H and O–H groups in total. The van der Waals surface area contributed by atoms with Crippen LogP contribution in [0.4, 0.5) is 0 Å². The van der Waals surface area contributed by atoms with Crippen LogP contribution in [-0.2, 0) is 14.3 Å². The smallest absolute Gasteiger partial charge is 0.305 e. The lowest BCUT2D eigenvalue weighted by molar-refractivity contribution is -0.143. The fraction of sp³-hybridized carbons (Fsp3) is 0.864. The van der Waals surface area contributed by atoms with Crippen LogP contribution < -0.4 is 10.6 Å². The molecule has 0 aromatic rings. The Bertz CT molecular complexity index is 514. The number of ether oxygens (including phenoxy) is 1. The van der Waals surface area contributed by atoms with Crippen molar-refractivity contribution in [2.75, 3.05) is 40.3 Å². The summed E-state index contributed by atoms with van der Waals surface area (Å²) in [6.07, 6.45) is 9.86. The molecule has 0 atom stereocenters. The fourth-order valence-electron chi connectivity index (χ4n) is 3.90. The highest BCUT2D eigenvalue weighted by molar-refractivity contribution is 5.84. The van der Waals surface area contributed by atoms with Crippen LogP contribution >= 0.6 is 0 Å². The third-order valence-corrected chi connectivity index (χ3v) is 5.46. The molecule has 29 heavy (non-hydrogen) atoms. The van der Waals surface area contributed by atoms with Crippen molar-refractivity contribution in [3.8, 4) is 0 Å². The molecular weight excluding hydrogens is 368 g/mol. The van der Waals surface area contributed by atoms with Gasteiger partial charge < -0.3 is 20.3 Å². The number of aliphatic imine (C=N–C) groups is 1. The SMILES string of the molecule is CCNC(=NCC1(C(=O)N(C)C)CCCC1)NCCCCCCCC(=O)OCC. The maximum Gasteiger partial charge on any atom is 0.305 e. The van der Waals surface area contributed by atoms with Crippen molar-refractivity contribution < 1.29 is 14.3 Å². The number of guanidine groups is 1. The van der Waals surface area contributed by atoms with Gasteiger partial charge in [-0.1, -0.05) is 32.1 Å². The summed E-state index contributed by atoms with van der Waals surface area (Å²) in [5, 5.41) is 6.69. The van der Waals surface area contributed by atoms with E-state index in [2.05, 4.69) is 17.6 Å². The van der Waals surface area contributed by atoms with Gasteiger partial charge in [-0.2, -0.15) is 0 Å². The molecule has 1 amide bonds. The largest absolute Gasteiger partial charge is 0.466 e. The molecule has 1 fully saturated rings. The second-order valence-corrected chi connectivity index (χ2v) is 8.13. The van der Waals surface area contributed by atoms with E-state index in [0.29, 0.717) is 19.6 Å². The fourth-order valence-corrected chi connectivity index (χ4v) is 3.90. The third-order valence-electron chi connectivity index (χ3n) is 5.46. The van der Waals surface area contributed by atoms with Gasteiger partial charge in [-0.15, -0.1) is 0 Å². The zero-order valence-electron chi connectivity index (χ0n) is 19.0. The van der Waals surface area contributed by atoms with Gasteiger partial charge in [0.05, 0.1) is 18.6 Å². The molecule has 0 radical (unpaired) electrons.